The number of carboxylic acid groups (broad SMARTS) is 1. The van der Waals surface area contributed by atoms with Gasteiger partial charge in [0.25, 0.3) is 0 Å². The smallest absolute Gasteiger partial charge is 0.313 e. The van der Waals surface area contributed by atoms with E-state index in [1.165, 1.54) is 11.8 Å². The molecule has 1 amide bonds. The number of nitrogens with one attached hydrogen (secondary N) is 1. The highest BCUT2D eigenvalue weighted by Gasteiger charge is 2.45. The Bertz CT molecular complexity index is 471. The molecule has 108 valence electrons. The summed E-state index contributed by atoms with van der Waals surface area (Å²) in [7, 11) is 0. The first kappa shape index (κ1) is 14.9. The molecule has 4 nitrogen and oxygen atoms in total. The molecule has 0 saturated heterocycles. The van der Waals surface area contributed by atoms with E-state index in [4.69, 9.17) is 5.11 Å². The minimum atomic E-state index is -0.818. The monoisotopic (exact) mass is 293 g/mol. The molecule has 0 aromatic heterocycles. The number of amides is 1. The quantitative estimate of drug-likeness (QED) is 0.755. The summed E-state index contributed by atoms with van der Waals surface area (Å²) < 4.78 is 0. The van der Waals surface area contributed by atoms with Crippen LogP contribution in [-0.2, 0) is 15.0 Å². The second-order valence-corrected chi connectivity index (χ2v) is 6.11. The standard InChI is InChI=1S/C15H19NO3S/c17-13(18)11-20-10-9-16-14(19)15(7-4-8-15)12-5-2-1-3-6-12/h1-3,5-6H,4,7-11H2,(H,16,19)(H,17,18). The summed E-state index contributed by atoms with van der Waals surface area (Å²) in [6.45, 7) is 0.519. The number of rotatable bonds is 7. The van der Waals surface area contributed by atoms with Crippen LogP contribution < -0.4 is 5.32 Å². The van der Waals surface area contributed by atoms with E-state index in [9.17, 15) is 9.59 Å². The molecule has 0 radical (unpaired) electrons. The number of benzene rings is 1. The molecular formula is C15H19NO3S. The lowest BCUT2D eigenvalue weighted by Gasteiger charge is -2.40. The fourth-order valence-corrected chi connectivity index (χ4v) is 3.07. The van der Waals surface area contributed by atoms with Crippen LogP contribution in [0.15, 0.2) is 30.3 Å². The highest BCUT2D eigenvalue weighted by Crippen LogP contribution is 2.43. The first-order valence-electron chi connectivity index (χ1n) is 6.78. The van der Waals surface area contributed by atoms with E-state index in [0.29, 0.717) is 12.3 Å². The van der Waals surface area contributed by atoms with Crippen molar-refractivity contribution in [3.63, 3.8) is 0 Å². The van der Waals surface area contributed by atoms with Crippen molar-refractivity contribution in [2.24, 2.45) is 0 Å². The normalized spacial score (nSPS) is 16.2. The fourth-order valence-electron chi connectivity index (χ4n) is 2.50. The lowest BCUT2D eigenvalue weighted by Crippen LogP contribution is -2.49. The second kappa shape index (κ2) is 6.79. The van der Waals surface area contributed by atoms with Gasteiger partial charge < -0.3 is 10.4 Å². The maximum absolute atomic E-state index is 12.4. The Balaban J connectivity index is 1.86. The van der Waals surface area contributed by atoms with Crippen molar-refractivity contribution >= 4 is 23.6 Å². The van der Waals surface area contributed by atoms with Gasteiger partial charge in [-0.15, -0.1) is 11.8 Å². The van der Waals surface area contributed by atoms with E-state index in [1.54, 1.807) is 0 Å². The molecule has 0 heterocycles. The van der Waals surface area contributed by atoms with Crippen LogP contribution in [-0.4, -0.2) is 35.0 Å². The summed E-state index contributed by atoms with van der Waals surface area (Å²) in [6.07, 6.45) is 2.87. The third-order valence-corrected chi connectivity index (χ3v) is 4.67. The zero-order chi connectivity index (χ0) is 14.4. The van der Waals surface area contributed by atoms with Crippen molar-refractivity contribution in [1.82, 2.24) is 5.32 Å². The highest BCUT2D eigenvalue weighted by atomic mass is 32.2. The Morgan fingerprint density at radius 2 is 1.95 bits per heavy atom. The number of carbonyl (C=O) groups is 2. The SMILES string of the molecule is O=C(O)CSCCNC(=O)C1(c2ccccc2)CCC1. The number of carbonyl (C=O) groups excluding carboxylic acids is 1. The maximum atomic E-state index is 12.4. The van der Waals surface area contributed by atoms with E-state index in [2.05, 4.69) is 5.32 Å². The molecule has 0 atom stereocenters. The Morgan fingerprint density at radius 1 is 1.25 bits per heavy atom. The molecular weight excluding hydrogens is 274 g/mol. The molecule has 1 saturated carbocycles. The van der Waals surface area contributed by atoms with Crippen LogP contribution in [0, 0.1) is 0 Å². The van der Waals surface area contributed by atoms with Gasteiger partial charge >= 0.3 is 5.97 Å². The van der Waals surface area contributed by atoms with Crippen LogP contribution in [0.25, 0.3) is 0 Å². The van der Waals surface area contributed by atoms with Crippen LogP contribution in [0.1, 0.15) is 24.8 Å². The van der Waals surface area contributed by atoms with Gasteiger partial charge in [-0.25, -0.2) is 0 Å². The molecule has 1 aromatic carbocycles. The molecule has 20 heavy (non-hydrogen) atoms. The molecule has 1 aliphatic carbocycles. The fraction of sp³-hybridized carbons (Fsp3) is 0.467. The highest BCUT2D eigenvalue weighted by molar-refractivity contribution is 7.99. The van der Waals surface area contributed by atoms with Crippen molar-refractivity contribution in [2.45, 2.75) is 24.7 Å². The Morgan fingerprint density at radius 3 is 2.50 bits per heavy atom. The van der Waals surface area contributed by atoms with Gasteiger partial charge in [0, 0.05) is 12.3 Å². The van der Waals surface area contributed by atoms with E-state index in [1.807, 2.05) is 30.3 Å². The third kappa shape index (κ3) is 3.33. The van der Waals surface area contributed by atoms with Gasteiger partial charge in [-0.3, -0.25) is 9.59 Å². The molecule has 2 rings (SSSR count). The van der Waals surface area contributed by atoms with Gasteiger partial charge in [0.15, 0.2) is 0 Å². The van der Waals surface area contributed by atoms with Crippen LogP contribution in [0.4, 0.5) is 0 Å². The van der Waals surface area contributed by atoms with E-state index >= 15 is 0 Å². The molecule has 0 unspecified atom stereocenters. The largest absolute Gasteiger partial charge is 0.481 e. The third-order valence-electron chi connectivity index (χ3n) is 3.73. The average Bonchev–Trinajstić information content (AvgIpc) is 2.38. The van der Waals surface area contributed by atoms with Gasteiger partial charge in [0.1, 0.15) is 0 Å². The van der Waals surface area contributed by atoms with Gasteiger partial charge in [-0.1, -0.05) is 36.8 Å². The summed E-state index contributed by atoms with van der Waals surface area (Å²) in [6, 6.07) is 9.91. The lowest BCUT2D eigenvalue weighted by atomic mass is 9.64. The number of aliphatic carboxylic acids is 1. The zero-order valence-corrected chi connectivity index (χ0v) is 12.1. The molecule has 0 aliphatic heterocycles. The number of thioether (sulfide) groups is 1. The molecule has 2 N–H and O–H groups in total. The topological polar surface area (TPSA) is 66.4 Å². The van der Waals surface area contributed by atoms with E-state index in [-0.39, 0.29) is 17.1 Å². The predicted octanol–water partition coefficient (Wildman–Crippen LogP) is 2.04. The Kier molecular flexibility index (Phi) is 5.06. The average molecular weight is 293 g/mol. The number of hydrogen-bond acceptors (Lipinski definition) is 3. The number of carboxylic acids is 1. The Hall–Kier alpha value is -1.49. The van der Waals surface area contributed by atoms with E-state index < -0.39 is 5.97 Å². The first-order chi connectivity index (χ1) is 9.65. The van der Waals surface area contributed by atoms with Gasteiger partial charge in [-0.05, 0) is 18.4 Å². The van der Waals surface area contributed by atoms with Gasteiger partial charge in [-0.2, -0.15) is 0 Å². The summed E-state index contributed by atoms with van der Waals surface area (Å²) in [5, 5.41) is 11.5. The van der Waals surface area contributed by atoms with Gasteiger partial charge in [0.05, 0.1) is 11.2 Å². The van der Waals surface area contributed by atoms with Crippen molar-refractivity contribution in [3.05, 3.63) is 35.9 Å². The van der Waals surface area contributed by atoms with Crippen molar-refractivity contribution in [2.75, 3.05) is 18.1 Å². The van der Waals surface area contributed by atoms with Crippen LogP contribution in [0.3, 0.4) is 0 Å². The van der Waals surface area contributed by atoms with Crippen molar-refractivity contribution in [3.8, 4) is 0 Å². The summed E-state index contributed by atoms with van der Waals surface area (Å²) >= 11 is 1.32. The lowest BCUT2D eigenvalue weighted by molar-refractivity contribution is -0.134. The van der Waals surface area contributed by atoms with Crippen molar-refractivity contribution in [1.29, 1.82) is 0 Å². The molecule has 0 spiro atoms. The molecule has 0 bridgehead atoms. The van der Waals surface area contributed by atoms with E-state index in [0.717, 1.165) is 24.8 Å². The molecule has 1 fully saturated rings. The van der Waals surface area contributed by atoms with Crippen molar-refractivity contribution < 1.29 is 14.7 Å². The van der Waals surface area contributed by atoms with Crippen LogP contribution in [0.5, 0.6) is 0 Å². The Labute approximate surface area is 123 Å². The summed E-state index contributed by atoms with van der Waals surface area (Å²) in [5.41, 5.74) is 0.723. The van der Waals surface area contributed by atoms with Crippen LogP contribution >= 0.6 is 11.8 Å². The number of hydrogen-bond donors (Lipinski definition) is 2. The second-order valence-electron chi connectivity index (χ2n) is 5.00. The zero-order valence-electron chi connectivity index (χ0n) is 11.3. The summed E-state index contributed by atoms with van der Waals surface area (Å²) in [4.78, 5) is 22.8. The van der Waals surface area contributed by atoms with Crippen LogP contribution in [0.2, 0.25) is 0 Å². The molecule has 1 aliphatic rings. The summed E-state index contributed by atoms with van der Waals surface area (Å²) in [5.74, 6) is -0.0326. The first-order valence-corrected chi connectivity index (χ1v) is 7.94. The predicted molar refractivity (Wildman–Crippen MR) is 79.9 cm³/mol. The van der Waals surface area contributed by atoms with Gasteiger partial charge in [0.2, 0.25) is 5.91 Å². The minimum Gasteiger partial charge on any atom is -0.481 e. The molecule has 5 heteroatoms. The minimum absolute atomic E-state index is 0.0749. The maximum Gasteiger partial charge on any atom is 0.313 e. The molecule has 1 aromatic rings.